The predicted molar refractivity (Wildman–Crippen MR) is 122 cm³/mol. The number of rotatable bonds is 6. The number of carbonyl (C=O) groups is 1. The first-order valence-corrected chi connectivity index (χ1v) is 10.8. The molecule has 5 rings (SSSR count). The van der Waals surface area contributed by atoms with Crippen molar-refractivity contribution >= 4 is 22.9 Å². The van der Waals surface area contributed by atoms with Gasteiger partial charge in [-0.05, 0) is 30.5 Å². The first-order valence-electron chi connectivity index (χ1n) is 10.8. The maximum atomic E-state index is 12.8. The number of fused-ring (bicyclic) bond motifs is 2. The van der Waals surface area contributed by atoms with E-state index >= 15 is 0 Å². The summed E-state index contributed by atoms with van der Waals surface area (Å²) in [5, 5.41) is 7.72. The van der Waals surface area contributed by atoms with Crippen LogP contribution in [0.1, 0.15) is 43.0 Å². The van der Waals surface area contributed by atoms with E-state index in [-0.39, 0.29) is 11.8 Å². The highest BCUT2D eigenvalue weighted by Gasteiger charge is 2.34. The van der Waals surface area contributed by atoms with Crippen LogP contribution in [-0.4, -0.2) is 49.3 Å². The lowest BCUT2D eigenvalue weighted by Gasteiger charge is -2.25. The Kier molecular flexibility index (Phi) is 5.20. The number of ether oxygens (including phenoxy) is 2. The molecule has 3 aromatic heterocycles. The predicted octanol–water partition coefficient (Wildman–Crippen LogP) is 3.36. The molecule has 0 unspecified atom stereocenters. The fourth-order valence-electron chi connectivity index (χ4n) is 4.18. The average Bonchev–Trinajstić information content (AvgIpc) is 3.41. The second-order valence-corrected chi connectivity index (χ2v) is 8.48. The molecule has 1 amide bonds. The highest BCUT2D eigenvalue weighted by molar-refractivity contribution is 5.95. The molecule has 1 aliphatic rings. The molecule has 1 atom stereocenters. The summed E-state index contributed by atoms with van der Waals surface area (Å²) in [5.74, 6) is 2.55. The van der Waals surface area contributed by atoms with Gasteiger partial charge in [0.2, 0.25) is 5.91 Å². The molecule has 170 valence electrons. The molecule has 4 heterocycles. The van der Waals surface area contributed by atoms with Crippen molar-refractivity contribution in [2.45, 2.75) is 33.1 Å². The van der Waals surface area contributed by atoms with Gasteiger partial charge in [0.25, 0.3) is 0 Å². The molecule has 4 aromatic rings. The maximum absolute atomic E-state index is 12.8. The van der Waals surface area contributed by atoms with E-state index in [0.29, 0.717) is 53.2 Å². The topological polar surface area (TPSA) is 120 Å². The Balaban J connectivity index is 1.61. The number of amides is 1. The highest BCUT2D eigenvalue weighted by Crippen LogP contribution is 2.42. The van der Waals surface area contributed by atoms with Crippen molar-refractivity contribution < 1.29 is 14.3 Å². The zero-order chi connectivity index (χ0) is 23.1. The summed E-state index contributed by atoms with van der Waals surface area (Å²) in [6, 6.07) is 5.82. The molecule has 0 fully saturated rings. The molecular formula is C23H25N7O3. The van der Waals surface area contributed by atoms with Gasteiger partial charge in [0, 0.05) is 17.9 Å². The Morgan fingerprint density at radius 1 is 1.21 bits per heavy atom. The number of aromatic amines is 1. The van der Waals surface area contributed by atoms with Crippen molar-refractivity contribution in [3.8, 4) is 17.3 Å². The zero-order valence-corrected chi connectivity index (χ0v) is 18.9. The summed E-state index contributed by atoms with van der Waals surface area (Å²) in [5.41, 5.74) is 3.89. The molecule has 0 bridgehead atoms. The molecule has 0 saturated carbocycles. The number of benzene rings is 1. The number of nitrogens with one attached hydrogen (secondary N) is 2. The number of H-pyrrole nitrogens is 1. The molecule has 10 nitrogen and oxygen atoms in total. The Morgan fingerprint density at radius 3 is 2.85 bits per heavy atom. The highest BCUT2D eigenvalue weighted by atomic mass is 16.5. The number of nitrogens with zero attached hydrogens (tertiary/aromatic N) is 5. The van der Waals surface area contributed by atoms with Crippen LogP contribution in [0.25, 0.3) is 17.0 Å². The third-order valence-corrected chi connectivity index (χ3v) is 5.67. The number of anilines is 1. The van der Waals surface area contributed by atoms with Gasteiger partial charge in [-0.1, -0.05) is 19.9 Å². The van der Waals surface area contributed by atoms with Gasteiger partial charge in [0.15, 0.2) is 23.0 Å². The number of carbonyl (C=O) groups excluding carboxylic acids is 1. The van der Waals surface area contributed by atoms with Crippen LogP contribution in [0.15, 0.2) is 30.9 Å². The zero-order valence-electron chi connectivity index (χ0n) is 18.9. The quantitative estimate of drug-likeness (QED) is 0.465. The normalized spacial score (nSPS) is 15.5. The molecule has 0 spiro atoms. The standard InChI is InChI=1S/C23H25N7O3/c1-12(2)9-33-17-7-14(5-6-16(17)32-4)15-8-18(31)28-22-19(15)13(3)29-30(22)23-20-21(25-10-24-20)26-11-27-23/h5-7,10-12,15H,8-9H2,1-4H3,(H,28,31)(H,24,25,26,27)/t15-/m1/s1. The lowest BCUT2D eigenvalue weighted by Crippen LogP contribution is -2.25. The smallest absolute Gasteiger partial charge is 0.226 e. The van der Waals surface area contributed by atoms with Crippen LogP contribution in [0.2, 0.25) is 0 Å². The van der Waals surface area contributed by atoms with Gasteiger partial charge in [-0.15, -0.1) is 0 Å². The van der Waals surface area contributed by atoms with Gasteiger partial charge in [0.1, 0.15) is 17.7 Å². The summed E-state index contributed by atoms with van der Waals surface area (Å²) in [7, 11) is 1.62. The van der Waals surface area contributed by atoms with Gasteiger partial charge in [-0.2, -0.15) is 9.78 Å². The van der Waals surface area contributed by atoms with Crippen LogP contribution in [0.4, 0.5) is 5.82 Å². The largest absolute Gasteiger partial charge is 0.493 e. The monoisotopic (exact) mass is 447 g/mol. The van der Waals surface area contributed by atoms with Crippen molar-refractivity contribution in [3.63, 3.8) is 0 Å². The van der Waals surface area contributed by atoms with Crippen LogP contribution >= 0.6 is 0 Å². The van der Waals surface area contributed by atoms with E-state index in [9.17, 15) is 4.79 Å². The van der Waals surface area contributed by atoms with Crippen molar-refractivity contribution in [3.05, 3.63) is 47.7 Å². The molecule has 0 saturated heterocycles. The lowest BCUT2D eigenvalue weighted by molar-refractivity contribution is -0.116. The van der Waals surface area contributed by atoms with E-state index in [1.807, 2.05) is 25.1 Å². The molecule has 10 heteroatoms. The van der Waals surface area contributed by atoms with Crippen LogP contribution in [0.5, 0.6) is 11.5 Å². The number of aryl methyl sites for hydroxylation is 1. The summed E-state index contributed by atoms with van der Waals surface area (Å²) >= 11 is 0. The van der Waals surface area contributed by atoms with Gasteiger partial charge in [0.05, 0.1) is 25.7 Å². The number of hydrogen-bond donors (Lipinski definition) is 2. The number of hydrogen-bond acceptors (Lipinski definition) is 7. The van der Waals surface area contributed by atoms with Crippen LogP contribution in [0, 0.1) is 12.8 Å². The summed E-state index contributed by atoms with van der Waals surface area (Å²) in [6.07, 6.45) is 3.30. The summed E-state index contributed by atoms with van der Waals surface area (Å²) in [4.78, 5) is 28.6. The van der Waals surface area contributed by atoms with Crippen LogP contribution < -0.4 is 14.8 Å². The molecule has 1 aromatic carbocycles. The Labute approximate surface area is 190 Å². The number of imidazole rings is 1. The second kappa shape index (κ2) is 8.19. The summed E-state index contributed by atoms with van der Waals surface area (Å²) < 4.78 is 13.1. The molecule has 0 radical (unpaired) electrons. The van der Waals surface area contributed by atoms with Crippen molar-refractivity contribution in [2.24, 2.45) is 5.92 Å². The molecule has 33 heavy (non-hydrogen) atoms. The van der Waals surface area contributed by atoms with E-state index in [4.69, 9.17) is 14.6 Å². The maximum Gasteiger partial charge on any atom is 0.226 e. The molecular weight excluding hydrogens is 422 g/mol. The van der Waals surface area contributed by atoms with Gasteiger partial charge in [-0.25, -0.2) is 15.0 Å². The van der Waals surface area contributed by atoms with Crippen LogP contribution in [-0.2, 0) is 4.79 Å². The van der Waals surface area contributed by atoms with Crippen molar-refractivity contribution in [2.75, 3.05) is 19.0 Å². The second-order valence-electron chi connectivity index (χ2n) is 8.48. The third kappa shape index (κ3) is 3.67. The molecule has 0 aliphatic carbocycles. The minimum atomic E-state index is -0.186. The first kappa shape index (κ1) is 20.9. The van der Waals surface area contributed by atoms with E-state index in [1.165, 1.54) is 6.33 Å². The molecule has 1 aliphatic heterocycles. The Bertz CT molecular complexity index is 1340. The third-order valence-electron chi connectivity index (χ3n) is 5.67. The SMILES string of the molecule is COc1ccc([C@H]2CC(=O)Nc3c2c(C)nn3-c2ncnc3nc[nH]c23)cc1OCC(C)C. The van der Waals surface area contributed by atoms with Gasteiger partial charge < -0.3 is 19.8 Å². The fraction of sp³-hybridized carbons (Fsp3) is 0.348. The van der Waals surface area contributed by atoms with E-state index in [2.05, 4.69) is 39.1 Å². The minimum Gasteiger partial charge on any atom is -0.493 e. The molecule has 2 N–H and O–H groups in total. The van der Waals surface area contributed by atoms with Crippen molar-refractivity contribution in [1.29, 1.82) is 0 Å². The first-order chi connectivity index (χ1) is 16.0. The number of methoxy groups -OCH3 is 1. The summed E-state index contributed by atoms with van der Waals surface area (Å²) in [6.45, 7) is 6.69. The van der Waals surface area contributed by atoms with Crippen molar-refractivity contribution in [1.82, 2.24) is 29.7 Å². The van der Waals surface area contributed by atoms with E-state index in [1.54, 1.807) is 18.1 Å². The minimum absolute atomic E-state index is 0.0935. The number of aromatic nitrogens is 6. The lowest BCUT2D eigenvalue weighted by atomic mass is 9.85. The fourth-order valence-corrected chi connectivity index (χ4v) is 4.18. The Morgan fingerprint density at radius 2 is 2.06 bits per heavy atom. The van der Waals surface area contributed by atoms with E-state index in [0.717, 1.165) is 16.8 Å². The van der Waals surface area contributed by atoms with Gasteiger partial charge in [-0.3, -0.25) is 4.79 Å². The average molecular weight is 447 g/mol. The Hall–Kier alpha value is -3.95. The van der Waals surface area contributed by atoms with Crippen LogP contribution in [0.3, 0.4) is 0 Å². The van der Waals surface area contributed by atoms with Gasteiger partial charge >= 0.3 is 0 Å². The van der Waals surface area contributed by atoms with E-state index < -0.39 is 0 Å².